The van der Waals surface area contributed by atoms with Crippen LogP contribution in [0.1, 0.15) is 24.4 Å². The molecule has 4 heteroatoms. The molecule has 0 amide bonds. The summed E-state index contributed by atoms with van der Waals surface area (Å²) in [7, 11) is 0. The molecule has 1 saturated heterocycles. The van der Waals surface area contributed by atoms with Gasteiger partial charge in [0.2, 0.25) is 0 Å². The molecule has 0 bridgehead atoms. The molecule has 0 aromatic carbocycles. The summed E-state index contributed by atoms with van der Waals surface area (Å²) in [5.41, 5.74) is 1.14. The van der Waals surface area contributed by atoms with Crippen molar-refractivity contribution < 1.29 is 0 Å². The summed E-state index contributed by atoms with van der Waals surface area (Å²) in [6, 6.07) is 4.14. The van der Waals surface area contributed by atoms with Crippen molar-refractivity contribution in [2.45, 2.75) is 18.9 Å². The number of aromatic nitrogens is 1. The van der Waals surface area contributed by atoms with Gasteiger partial charge >= 0.3 is 0 Å². The Morgan fingerprint density at radius 1 is 1.31 bits per heavy atom. The molecule has 0 radical (unpaired) electrons. The number of hydrogen-bond donors (Lipinski definition) is 1. The smallest absolute Gasteiger partial charge is 0.131 e. The molecular weight excluding hydrogens is 207 g/mol. The van der Waals surface area contributed by atoms with Gasteiger partial charge in [-0.15, -0.1) is 0 Å². The van der Waals surface area contributed by atoms with Gasteiger partial charge in [-0.3, -0.25) is 0 Å². The molecule has 1 aliphatic heterocycles. The number of hydrogen-bond acceptors (Lipinski definition) is 2. The van der Waals surface area contributed by atoms with Crippen LogP contribution in [0.2, 0.25) is 10.3 Å². The Morgan fingerprint density at radius 2 is 2.00 bits per heavy atom. The van der Waals surface area contributed by atoms with Gasteiger partial charge in [-0.2, -0.15) is 0 Å². The van der Waals surface area contributed by atoms with Crippen LogP contribution in [0.15, 0.2) is 12.1 Å². The van der Waals surface area contributed by atoms with E-state index in [0.29, 0.717) is 16.3 Å². The lowest BCUT2D eigenvalue weighted by molar-refractivity contribution is 0.647. The van der Waals surface area contributed by atoms with E-state index in [0.717, 1.165) is 18.5 Å². The van der Waals surface area contributed by atoms with Gasteiger partial charge in [0.1, 0.15) is 10.3 Å². The molecule has 2 nitrogen and oxygen atoms in total. The zero-order valence-corrected chi connectivity index (χ0v) is 8.57. The number of halogens is 2. The highest BCUT2D eigenvalue weighted by atomic mass is 35.5. The molecule has 1 unspecified atom stereocenters. The Morgan fingerprint density at radius 3 is 2.54 bits per heavy atom. The molecule has 1 aliphatic rings. The van der Waals surface area contributed by atoms with Crippen LogP contribution in [0, 0.1) is 0 Å². The first-order valence-corrected chi connectivity index (χ1v) is 5.07. The molecule has 1 N–H and O–H groups in total. The number of nitrogens with zero attached hydrogens (tertiary/aromatic N) is 1. The summed E-state index contributed by atoms with van der Waals surface area (Å²) in [4.78, 5) is 3.91. The van der Waals surface area contributed by atoms with Crippen molar-refractivity contribution >= 4 is 23.2 Å². The highest BCUT2D eigenvalue weighted by Gasteiger charge is 2.16. The predicted molar refractivity (Wildman–Crippen MR) is 54.2 cm³/mol. The highest BCUT2D eigenvalue weighted by molar-refractivity contribution is 6.32. The van der Waals surface area contributed by atoms with Gasteiger partial charge in [0.05, 0.1) is 0 Å². The fourth-order valence-electron chi connectivity index (χ4n) is 1.65. The molecule has 13 heavy (non-hydrogen) atoms. The molecule has 0 aliphatic carbocycles. The van der Waals surface area contributed by atoms with E-state index in [-0.39, 0.29) is 0 Å². The molecular formula is C9H10Cl2N2. The van der Waals surface area contributed by atoms with Crippen molar-refractivity contribution in [3.8, 4) is 0 Å². The summed E-state index contributed by atoms with van der Waals surface area (Å²) in [6.45, 7) is 1.07. The maximum atomic E-state index is 5.81. The fourth-order valence-corrected chi connectivity index (χ4v) is 2.13. The largest absolute Gasteiger partial charge is 0.310 e. The van der Waals surface area contributed by atoms with Gasteiger partial charge in [0.25, 0.3) is 0 Å². The standard InChI is InChI=1S/C9H10Cl2N2/c10-8-4-6(5-9(11)13-8)7-2-1-3-12-7/h4-5,7,12H,1-3H2. The van der Waals surface area contributed by atoms with Crippen molar-refractivity contribution in [3.05, 3.63) is 28.0 Å². The number of pyridine rings is 1. The van der Waals surface area contributed by atoms with Gasteiger partial charge in [0.15, 0.2) is 0 Å². The summed E-state index contributed by atoms with van der Waals surface area (Å²) >= 11 is 11.6. The van der Waals surface area contributed by atoms with Crippen molar-refractivity contribution in [1.29, 1.82) is 0 Å². The minimum absolute atomic E-state index is 0.401. The molecule has 1 fully saturated rings. The zero-order valence-electron chi connectivity index (χ0n) is 7.06. The second-order valence-corrected chi connectivity index (χ2v) is 3.97. The topological polar surface area (TPSA) is 24.9 Å². The number of rotatable bonds is 1. The lowest BCUT2D eigenvalue weighted by Gasteiger charge is -2.10. The van der Waals surface area contributed by atoms with E-state index >= 15 is 0 Å². The van der Waals surface area contributed by atoms with Gasteiger partial charge in [-0.25, -0.2) is 4.98 Å². The second-order valence-electron chi connectivity index (χ2n) is 3.19. The van der Waals surface area contributed by atoms with E-state index in [4.69, 9.17) is 23.2 Å². The molecule has 0 saturated carbocycles. The average Bonchev–Trinajstić information content (AvgIpc) is 2.53. The van der Waals surface area contributed by atoms with Crippen LogP contribution in [0.5, 0.6) is 0 Å². The van der Waals surface area contributed by atoms with Gasteiger partial charge in [-0.05, 0) is 37.1 Å². The third-order valence-electron chi connectivity index (χ3n) is 2.25. The highest BCUT2D eigenvalue weighted by Crippen LogP contribution is 2.26. The normalized spacial score (nSPS) is 22.2. The van der Waals surface area contributed by atoms with Crippen molar-refractivity contribution in [3.63, 3.8) is 0 Å². The Balaban J connectivity index is 2.28. The Kier molecular flexibility index (Phi) is 2.72. The summed E-state index contributed by atoms with van der Waals surface area (Å²) in [5, 5.41) is 4.32. The Hall–Kier alpha value is -0.310. The molecule has 70 valence electrons. The van der Waals surface area contributed by atoms with Crippen LogP contribution in [-0.4, -0.2) is 11.5 Å². The van der Waals surface area contributed by atoms with E-state index in [9.17, 15) is 0 Å². The van der Waals surface area contributed by atoms with Crippen molar-refractivity contribution in [2.24, 2.45) is 0 Å². The predicted octanol–water partition coefficient (Wildman–Crippen LogP) is 2.81. The van der Waals surface area contributed by atoms with Gasteiger partial charge < -0.3 is 5.32 Å². The molecule has 0 spiro atoms. The zero-order chi connectivity index (χ0) is 9.26. The lowest BCUT2D eigenvalue weighted by Crippen LogP contribution is -2.12. The van der Waals surface area contributed by atoms with E-state index < -0.39 is 0 Å². The second kappa shape index (κ2) is 3.82. The quantitative estimate of drug-likeness (QED) is 0.731. The van der Waals surface area contributed by atoms with Crippen LogP contribution in [0.3, 0.4) is 0 Å². The monoisotopic (exact) mass is 216 g/mol. The molecule has 2 rings (SSSR count). The SMILES string of the molecule is Clc1cc(C2CCCN2)cc(Cl)n1. The van der Waals surface area contributed by atoms with Crippen molar-refractivity contribution in [1.82, 2.24) is 10.3 Å². The van der Waals surface area contributed by atoms with Crippen molar-refractivity contribution in [2.75, 3.05) is 6.54 Å². The minimum atomic E-state index is 0.401. The van der Waals surface area contributed by atoms with Crippen LogP contribution in [0.4, 0.5) is 0 Å². The fraction of sp³-hybridized carbons (Fsp3) is 0.444. The average molecular weight is 217 g/mol. The molecule has 1 aromatic rings. The lowest BCUT2D eigenvalue weighted by atomic mass is 10.1. The van der Waals surface area contributed by atoms with E-state index in [1.165, 1.54) is 6.42 Å². The first-order valence-electron chi connectivity index (χ1n) is 4.32. The van der Waals surface area contributed by atoms with Crippen LogP contribution >= 0.6 is 23.2 Å². The molecule has 1 atom stereocenters. The summed E-state index contributed by atoms with van der Waals surface area (Å²) in [6.07, 6.45) is 2.36. The third-order valence-corrected chi connectivity index (χ3v) is 2.64. The van der Waals surface area contributed by atoms with E-state index in [1.54, 1.807) is 0 Å². The van der Waals surface area contributed by atoms with E-state index in [2.05, 4.69) is 10.3 Å². The third kappa shape index (κ3) is 2.13. The summed E-state index contributed by atoms with van der Waals surface area (Å²) < 4.78 is 0. The van der Waals surface area contributed by atoms with E-state index in [1.807, 2.05) is 12.1 Å². The molecule has 1 aromatic heterocycles. The first kappa shape index (κ1) is 9.25. The summed E-state index contributed by atoms with van der Waals surface area (Å²) in [5.74, 6) is 0. The van der Waals surface area contributed by atoms with Crippen LogP contribution in [0.25, 0.3) is 0 Å². The van der Waals surface area contributed by atoms with Crippen LogP contribution < -0.4 is 5.32 Å². The van der Waals surface area contributed by atoms with Gasteiger partial charge in [0, 0.05) is 6.04 Å². The van der Waals surface area contributed by atoms with Crippen LogP contribution in [-0.2, 0) is 0 Å². The Labute approximate surface area is 87.3 Å². The maximum Gasteiger partial charge on any atom is 0.131 e. The molecule has 2 heterocycles. The Bertz CT molecular complexity index is 288. The first-order chi connectivity index (χ1) is 6.25. The maximum absolute atomic E-state index is 5.81. The number of nitrogens with one attached hydrogen (secondary N) is 1. The minimum Gasteiger partial charge on any atom is -0.310 e. The van der Waals surface area contributed by atoms with Gasteiger partial charge in [-0.1, -0.05) is 23.2 Å².